The third-order valence-corrected chi connectivity index (χ3v) is 2.63. The van der Waals surface area contributed by atoms with E-state index in [4.69, 9.17) is 9.68 Å². The minimum atomic E-state index is -0.312. The van der Waals surface area contributed by atoms with Gasteiger partial charge in [0.15, 0.2) is 0 Å². The van der Waals surface area contributed by atoms with Crippen LogP contribution in [0.25, 0.3) is 0 Å². The first-order chi connectivity index (χ1) is 8.20. The van der Waals surface area contributed by atoms with E-state index in [2.05, 4.69) is 21.2 Å². The van der Waals surface area contributed by atoms with E-state index in [1.165, 1.54) is 12.5 Å². The van der Waals surface area contributed by atoms with E-state index in [1.54, 1.807) is 24.3 Å². The molecule has 0 aliphatic rings. The number of benzene rings is 1. The molecule has 0 atom stereocenters. The molecule has 0 bridgehead atoms. The maximum Gasteiger partial charge on any atom is 0.258 e. The zero-order valence-corrected chi connectivity index (χ0v) is 10.2. The molecule has 5 heteroatoms. The van der Waals surface area contributed by atoms with E-state index >= 15 is 0 Å². The average molecular weight is 291 g/mol. The number of carbonyl (C=O) groups is 1. The van der Waals surface area contributed by atoms with E-state index in [0.717, 1.165) is 4.47 Å². The third kappa shape index (κ3) is 2.55. The van der Waals surface area contributed by atoms with Gasteiger partial charge in [-0.3, -0.25) is 4.79 Å². The first-order valence-corrected chi connectivity index (χ1v) is 5.53. The summed E-state index contributed by atoms with van der Waals surface area (Å²) < 4.78 is 5.61. The van der Waals surface area contributed by atoms with Gasteiger partial charge in [-0.2, -0.15) is 5.26 Å². The molecule has 0 unspecified atom stereocenters. The summed E-state index contributed by atoms with van der Waals surface area (Å²) in [6.07, 6.45) is 2.76. The number of halogens is 1. The van der Waals surface area contributed by atoms with Gasteiger partial charge < -0.3 is 9.73 Å². The van der Waals surface area contributed by atoms with Crippen LogP contribution in [0, 0.1) is 11.3 Å². The van der Waals surface area contributed by atoms with Crippen LogP contribution in [0.4, 0.5) is 5.69 Å². The standard InChI is InChI=1S/C12H7BrN2O2/c13-10-2-1-8(6-14)11(5-10)15-12(16)9-3-4-17-7-9/h1-5,7H,(H,15,16). The van der Waals surface area contributed by atoms with Crippen LogP contribution in [0.5, 0.6) is 0 Å². The Morgan fingerprint density at radius 2 is 2.24 bits per heavy atom. The number of nitriles is 1. The largest absolute Gasteiger partial charge is 0.472 e. The highest BCUT2D eigenvalue weighted by atomic mass is 79.9. The van der Waals surface area contributed by atoms with Gasteiger partial charge in [0.2, 0.25) is 0 Å². The molecular formula is C12H7BrN2O2. The van der Waals surface area contributed by atoms with Crippen LogP contribution in [0.2, 0.25) is 0 Å². The molecule has 0 saturated carbocycles. The van der Waals surface area contributed by atoms with E-state index in [0.29, 0.717) is 16.8 Å². The van der Waals surface area contributed by atoms with Gasteiger partial charge in [-0.25, -0.2) is 0 Å². The maximum atomic E-state index is 11.8. The van der Waals surface area contributed by atoms with E-state index < -0.39 is 0 Å². The average Bonchev–Trinajstić information content (AvgIpc) is 2.83. The van der Waals surface area contributed by atoms with E-state index in [-0.39, 0.29) is 5.91 Å². The van der Waals surface area contributed by atoms with Gasteiger partial charge >= 0.3 is 0 Å². The summed E-state index contributed by atoms with van der Waals surface area (Å²) in [4.78, 5) is 11.8. The van der Waals surface area contributed by atoms with Crippen LogP contribution in [-0.2, 0) is 0 Å². The second-order valence-corrected chi connectivity index (χ2v) is 4.18. The molecule has 2 rings (SSSR count). The van der Waals surface area contributed by atoms with Gasteiger partial charge in [0, 0.05) is 4.47 Å². The molecule has 17 heavy (non-hydrogen) atoms. The Kier molecular flexibility index (Phi) is 3.26. The lowest BCUT2D eigenvalue weighted by atomic mass is 10.2. The number of anilines is 1. The lowest BCUT2D eigenvalue weighted by molar-refractivity contribution is 0.102. The predicted octanol–water partition coefficient (Wildman–Crippen LogP) is 3.17. The highest BCUT2D eigenvalue weighted by Gasteiger charge is 2.10. The number of rotatable bonds is 2. The van der Waals surface area contributed by atoms with Crippen molar-refractivity contribution >= 4 is 27.5 Å². The molecule has 0 radical (unpaired) electrons. The van der Waals surface area contributed by atoms with Crippen molar-refractivity contribution in [2.45, 2.75) is 0 Å². The van der Waals surface area contributed by atoms with Crippen LogP contribution < -0.4 is 5.32 Å². The number of hydrogen-bond acceptors (Lipinski definition) is 3. The Morgan fingerprint density at radius 3 is 2.88 bits per heavy atom. The molecule has 1 N–H and O–H groups in total. The lowest BCUT2D eigenvalue weighted by Crippen LogP contribution is -2.11. The fourth-order valence-electron chi connectivity index (χ4n) is 1.31. The van der Waals surface area contributed by atoms with Crippen molar-refractivity contribution in [2.75, 3.05) is 5.32 Å². The lowest BCUT2D eigenvalue weighted by Gasteiger charge is -2.05. The highest BCUT2D eigenvalue weighted by molar-refractivity contribution is 9.10. The molecular weight excluding hydrogens is 284 g/mol. The molecule has 1 aromatic heterocycles. The molecule has 1 amide bonds. The molecule has 4 nitrogen and oxygen atoms in total. The molecule has 1 aromatic carbocycles. The molecule has 0 saturated heterocycles. The Bertz CT molecular complexity index is 585. The minimum Gasteiger partial charge on any atom is -0.472 e. The highest BCUT2D eigenvalue weighted by Crippen LogP contribution is 2.21. The molecule has 0 aliphatic carbocycles. The summed E-state index contributed by atoms with van der Waals surface area (Å²) in [6.45, 7) is 0. The fraction of sp³-hybridized carbons (Fsp3) is 0. The number of amides is 1. The first-order valence-electron chi connectivity index (χ1n) is 4.74. The summed E-state index contributed by atoms with van der Waals surface area (Å²) in [5, 5.41) is 11.6. The summed E-state index contributed by atoms with van der Waals surface area (Å²) in [7, 11) is 0. The minimum absolute atomic E-state index is 0.312. The zero-order valence-electron chi connectivity index (χ0n) is 8.61. The normalized spacial score (nSPS) is 9.65. The SMILES string of the molecule is N#Cc1ccc(Br)cc1NC(=O)c1ccoc1. The van der Waals surface area contributed by atoms with Crippen LogP contribution in [0.15, 0.2) is 45.7 Å². The van der Waals surface area contributed by atoms with Crippen molar-refractivity contribution < 1.29 is 9.21 Å². The number of furan rings is 1. The van der Waals surface area contributed by atoms with E-state index in [9.17, 15) is 4.79 Å². The summed E-state index contributed by atoms with van der Waals surface area (Å²) in [5.41, 5.74) is 1.28. The number of hydrogen-bond donors (Lipinski definition) is 1. The summed E-state index contributed by atoms with van der Waals surface area (Å²) in [5.74, 6) is -0.312. The molecule has 2 aromatic rings. The molecule has 1 heterocycles. The smallest absolute Gasteiger partial charge is 0.258 e. The fourth-order valence-corrected chi connectivity index (χ4v) is 1.67. The van der Waals surface area contributed by atoms with Crippen molar-refractivity contribution in [1.29, 1.82) is 5.26 Å². The second kappa shape index (κ2) is 4.85. The number of nitrogens with zero attached hydrogens (tertiary/aromatic N) is 1. The zero-order chi connectivity index (χ0) is 12.3. The van der Waals surface area contributed by atoms with Crippen LogP contribution in [0.3, 0.4) is 0 Å². The topological polar surface area (TPSA) is 66.0 Å². The van der Waals surface area contributed by atoms with Crippen LogP contribution >= 0.6 is 15.9 Å². The van der Waals surface area contributed by atoms with Gasteiger partial charge in [-0.05, 0) is 24.3 Å². The van der Waals surface area contributed by atoms with Gasteiger partial charge in [-0.1, -0.05) is 15.9 Å². The monoisotopic (exact) mass is 290 g/mol. The van der Waals surface area contributed by atoms with Crippen molar-refractivity contribution in [3.63, 3.8) is 0 Å². The Morgan fingerprint density at radius 1 is 1.41 bits per heavy atom. The Hall–Kier alpha value is -2.06. The van der Waals surface area contributed by atoms with Crippen LogP contribution in [0.1, 0.15) is 15.9 Å². The van der Waals surface area contributed by atoms with Gasteiger partial charge in [0.25, 0.3) is 5.91 Å². The molecule has 0 spiro atoms. The van der Waals surface area contributed by atoms with Gasteiger partial charge in [-0.15, -0.1) is 0 Å². The molecule has 84 valence electrons. The van der Waals surface area contributed by atoms with Crippen molar-refractivity contribution in [3.8, 4) is 6.07 Å². The summed E-state index contributed by atoms with van der Waals surface area (Å²) >= 11 is 3.28. The van der Waals surface area contributed by atoms with Crippen molar-refractivity contribution in [1.82, 2.24) is 0 Å². The number of nitrogens with one attached hydrogen (secondary N) is 1. The molecule has 0 aliphatic heterocycles. The van der Waals surface area contributed by atoms with Crippen molar-refractivity contribution in [3.05, 3.63) is 52.4 Å². The Balaban J connectivity index is 2.27. The third-order valence-electron chi connectivity index (χ3n) is 2.13. The van der Waals surface area contributed by atoms with E-state index in [1.807, 2.05) is 6.07 Å². The Labute approximate surface area is 106 Å². The maximum absolute atomic E-state index is 11.8. The van der Waals surface area contributed by atoms with Crippen LogP contribution in [-0.4, -0.2) is 5.91 Å². The second-order valence-electron chi connectivity index (χ2n) is 3.27. The quantitative estimate of drug-likeness (QED) is 0.924. The molecule has 0 fully saturated rings. The first kappa shape index (κ1) is 11.4. The van der Waals surface area contributed by atoms with Gasteiger partial charge in [0.05, 0.1) is 23.1 Å². The summed E-state index contributed by atoms with van der Waals surface area (Å²) in [6, 6.07) is 8.62. The van der Waals surface area contributed by atoms with Crippen molar-refractivity contribution in [2.24, 2.45) is 0 Å². The van der Waals surface area contributed by atoms with Gasteiger partial charge in [0.1, 0.15) is 12.3 Å². The predicted molar refractivity (Wildman–Crippen MR) is 65.5 cm³/mol. The number of carbonyl (C=O) groups excluding carboxylic acids is 1.